The van der Waals surface area contributed by atoms with Crippen molar-refractivity contribution < 1.29 is 9.84 Å². The second-order valence-corrected chi connectivity index (χ2v) is 3.21. The van der Waals surface area contributed by atoms with E-state index in [9.17, 15) is 0 Å². The molecule has 0 bridgehead atoms. The molecule has 0 radical (unpaired) electrons. The monoisotopic (exact) mass is 186 g/mol. The smallest absolute Gasteiger partial charge is 0.0752 e. The molecule has 2 heteroatoms. The molecular weight excluding hydrogens is 164 g/mol. The van der Waals surface area contributed by atoms with Crippen LogP contribution in [0, 0.1) is 0 Å². The summed E-state index contributed by atoms with van der Waals surface area (Å²) in [5.41, 5.74) is 0. The highest BCUT2D eigenvalue weighted by Gasteiger charge is 2.00. The van der Waals surface area contributed by atoms with E-state index in [1.807, 2.05) is 12.2 Å². The Labute approximate surface area is 81.6 Å². The van der Waals surface area contributed by atoms with Crippen LogP contribution in [-0.4, -0.2) is 24.9 Å². The molecule has 0 aliphatic carbocycles. The molecule has 0 fully saturated rings. The number of hydrogen-bond acceptors (Lipinski definition) is 2. The molecule has 0 aromatic heterocycles. The first-order valence-electron chi connectivity index (χ1n) is 5.15. The molecule has 2 nitrogen and oxygen atoms in total. The third-order valence-electron chi connectivity index (χ3n) is 2.04. The zero-order valence-corrected chi connectivity index (χ0v) is 8.83. The molecule has 0 aliphatic rings. The van der Waals surface area contributed by atoms with Gasteiger partial charge in [-0.15, -0.1) is 0 Å². The van der Waals surface area contributed by atoms with Crippen LogP contribution >= 0.6 is 0 Å². The van der Waals surface area contributed by atoms with Crippen molar-refractivity contribution >= 4 is 0 Å². The highest BCUT2D eigenvalue weighted by atomic mass is 16.5. The van der Waals surface area contributed by atoms with Crippen molar-refractivity contribution in [1.82, 2.24) is 0 Å². The van der Waals surface area contributed by atoms with E-state index in [4.69, 9.17) is 9.84 Å². The van der Waals surface area contributed by atoms with Crippen LogP contribution in [0.1, 0.15) is 39.0 Å². The summed E-state index contributed by atoms with van der Waals surface area (Å²) in [5, 5.41) is 8.57. The molecule has 0 heterocycles. The number of aliphatic hydroxyl groups is 1. The van der Waals surface area contributed by atoms with Crippen LogP contribution in [0.25, 0.3) is 0 Å². The number of ether oxygens (including phenoxy) is 1. The summed E-state index contributed by atoms with van der Waals surface area (Å²) in [6, 6.07) is 0. The van der Waals surface area contributed by atoms with Crippen molar-refractivity contribution in [2.24, 2.45) is 0 Å². The van der Waals surface area contributed by atoms with Gasteiger partial charge in [0.15, 0.2) is 0 Å². The molecule has 0 amide bonds. The molecule has 0 saturated heterocycles. The second kappa shape index (κ2) is 9.75. The van der Waals surface area contributed by atoms with Gasteiger partial charge in [0.1, 0.15) is 0 Å². The molecule has 0 aliphatic heterocycles. The number of unbranched alkanes of at least 4 members (excludes halogenated alkanes) is 2. The summed E-state index contributed by atoms with van der Waals surface area (Å²) < 4.78 is 5.28. The van der Waals surface area contributed by atoms with Crippen LogP contribution in [0.15, 0.2) is 12.2 Å². The third kappa shape index (κ3) is 8.00. The SMILES string of the molecule is CCCCCC(/C=C/CCO)OC. The number of methoxy groups -OCH3 is 1. The fourth-order valence-corrected chi connectivity index (χ4v) is 1.21. The number of aliphatic hydroxyl groups excluding tert-OH is 1. The average molecular weight is 186 g/mol. The van der Waals surface area contributed by atoms with Crippen molar-refractivity contribution in [3.05, 3.63) is 12.2 Å². The van der Waals surface area contributed by atoms with Crippen LogP contribution in [0.5, 0.6) is 0 Å². The lowest BCUT2D eigenvalue weighted by molar-refractivity contribution is 0.130. The first-order valence-corrected chi connectivity index (χ1v) is 5.15. The van der Waals surface area contributed by atoms with Gasteiger partial charge in [0, 0.05) is 13.7 Å². The molecule has 0 saturated carbocycles. The van der Waals surface area contributed by atoms with Crippen LogP contribution in [0.4, 0.5) is 0 Å². The van der Waals surface area contributed by atoms with E-state index < -0.39 is 0 Å². The normalized spacial score (nSPS) is 13.8. The Hall–Kier alpha value is -0.340. The highest BCUT2D eigenvalue weighted by Crippen LogP contribution is 2.07. The lowest BCUT2D eigenvalue weighted by Crippen LogP contribution is -2.06. The Morgan fingerprint density at radius 2 is 2.15 bits per heavy atom. The average Bonchev–Trinajstić information content (AvgIpc) is 2.16. The van der Waals surface area contributed by atoms with E-state index >= 15 is 0 Å². The first-order chi connectivity index (χ1) is 6.35. The first kappa shape index (κ1) is 12.7. The summed E-state index contributed by atoms with van der Waals surface area (Å²) in [5.74, 6) is 0. The fraction of sp³-hybridized carbons (Fsp3) is 0.818. The van der Waals surface area contributed by atoms with E-state index in [0.29, 0.717) is 0 Å². The molecule has 0 spiro atoms. The Kier molecular flexibility index (Phi) is 9.49. The van der Waals surface area contributed by atoms with E-state index in [1.165, 1.54) is 19.3 Å². The summed E-state index contributed by atoms with van der Waals surface area (Å²) in [6.45, 7) is 2.42. The predicted octanol–water partition coefficient (Wildman–Crippen LogP) is 2.52. The van der Waals surface area contributed by atoms with Crippen molar-refractivity contribution in [3.63, 3.8) is 0 Å². The summed E-state index contributed by atoms with van der Waals surface area (Å²) >= 11 is 0. The molecule has 1 N–H and O–H groups in total. The minimum Gasteiger partial charge on any atom is -0.396 e. The van der Waals surface area contributed by atoms with Gasteiger partial charge in [0.2, 0.25) is 0 Å². The standard InChI is InChI=1S/C11H22O2/c1-3-4-5-8-11(13-2)9-6-7-10-12/h6,9,11-12H,3-5,7-8,10H2,1-2H3/b9-6+. The third-order valence-corrected chi connectivity index (χ3v) is 2.04. The Balaban J connectivity index is 3.50. The largest absolute Gasteiger partial charge is 0.396 e. The van der Waals surface area contributed by atoms with Gasteiger partial charge in [0.05, 0.1) is 6.10 Å². The number of rotatable bonds is 8. The Bertz CT molecular complexity index is 121. The van der Waals surface area contributed by atoms with Gasteiger partial charge in [-0.1, -0.05) is 38.3 Å². The summed E-state index contributed by atoms with van der Waals surface area (Å²) in [4.78, 5) is 0. The maximum atomic E-state index is 8.57. The van der Waals surface area contributed by atoms with E-state index in [-0.39, 0.29) is 12.7 Å². The van der Waals surface area contributed by atoms with Gasteiger partial charge in [-0.25, -0.2) is 0 Å². The molecular formula is C11H22O2. The Morgan fingerprint density at radius 3 is 2.69 bits per heavy atom. The molecule has 0 aromatic carbocycles. The van der Waals surface area contributed by atoms with E-state index in [0.717, 1.165) is 12.8 Å². The maximum absolute atomic E-state index is 8.57. The van der Waals surface area contributed by atoms with Crippen LogP contribution in [0.2, 0.25) is 0 Å². The molecule has 0 aromatic rings. The topological polar surface area (TPSA) is 29.5 Å². The van der Waals surface area contributed by atoms with E-state index in [1.54, 1.807) is 7.11 Å². The number of hydrogen-bond donors (Lipinski definition) is 1. The quantitative estimate of drug-likeness (QED) is 0.466. The van der Waals surface area contributed by atoms with Crippen molar-refractivity contribution in [1.29, 1.82) is 0 Å². The second-order valence-electron chi connectivity index (χ2n) is 3.21. The van der Waals surface area contributed by atoms with Gasteiger partial charge in [-0.2, -0.15) is 0 Å². The highest BCUT2D eigenvalue weighted by molar-refractivity contribution is 4.89. The van der Waals surface area contributed by atoms with Gasteiger partial charge >= 0.3 is 0 Å². The van der Waals surface area contributed by atoms with Crippen LogP contribution in [-0.2, 0) is 4.74 Å². The van der Waals surface area contributed by atoms with Crippen molar-refractivity contribution in [3.8, 4) is 0 Å². The molecule has 13 heavy (non-hydrogen) atoms. The van der Waals surface area contributed by atoms with Crippen molar-refractivity contribution in [2.75, 3.05) is 13.7 Å². The summed E-state index contributed by atoms with van der Waals surface area (Å²) in [7, 11) is 1.74. The fourth-order valence-electron chi connectivity index (χ4n) is 1.21. The van der Waals surface area contributed by atoms with Gasteiger partial charge < -0.3 is 9.84 Å². The van der Waals surface area contributed by atoms with Crippen LogP contribution < -0.4 is 0 Å². The zero-order chi connectivity index (χ0) is 9.94. The molecule has 1 unspecified atom stereocenters. The van der Waals surface area contributed by atoms with Gasteiger partial charge in [-0.3, -0.25) is 0 Å². The maximum Gasteiger partial charge on any atom is 0.0752 e. The molecule has 1 atom stereocenters. The zero-order valence-electron chi connectivity index (χ0n) is 8.83. The molecule has 78 valence electrons. The minimum atomic E-state index is 0.224. The van der Waals surface area contributed by atoms with Crippen LogP contribution in [0.3, 0.4) is 0 Å². The van der Waals surface area contributed by atoms with Crippen molar-refractivity contribution in [2.45, 2.75) is 45.1 Å². The molecule has 0 rings (SSSR count). The Morgan fingerprint density at radius 1 is 1.38 bits per heavy atom. The van der Waals surface area contributed by atoms with Gasteiger partial charge in [0.25, 0.3) is 0 Å². The minimum absolute atomic E-state index is 0.224. The predicted molar refractivity (Wildman–Crippen MR) is 55.8 cm³/mol. The summed E-state index contributed by atoms with van der Waals surface area (Å²) in [6.07, 6.45) is 9.83. The van der Waals surface area contributed by atoms with Gasteiger partial charge in [-0.05, 0) is 12.8 Å². The lowest BCUT2D eigenvalue weighted by Gasteiger charge is -2.09. The van der Waals surface area contributed by atoms with E-state index in [2.05, 4.69) is 6.92 Å². The lowest BCUT2D eigenvalue weighted by atomic mass is 10.1.